The summed E-state index contributed by atoms with van der Waals surface area (Å²) in [5.74, 6) is 1.56. The van der Waals surface area contributed by atoms with Crippen LogP contribution in [0.15, 0.2) is 11.0 Å². The monoisotopic (exact) mass is 571 g/mol. The number of alkyl halides is 1. The van der Waals surface area contributed by atoms with Gasteiger partial charge in [0.05, 0.1) is 12.3 Å². The Labute approximate surface area is 193 Å². The van der Waals surface area contributed by atoms with Gasteiger partial charge >= 0.3 is 29.2 Å². The molecule has 35 heavy (non-hydrogen) atoms. The highest BCUT2D eigenvalue weighted by atomic mass is 31.3. The van der Waals surface area contributed by atoms with E-state index >= 15 is 0 Å². The molecular weight excluding hydrogens is 553 g/mol. The van der Waals surface area contributed by atoms with Gasteiger partial charge < -0.3 is 40.3 Å². The number of halogens is 2. The van der Waals surface area contributed by atoms with Crippen molar-refractivity contribution >= 4 is 29.3 Å². The van der Waals surface area contributed by atoms with Gasteiger partial charge in [0.1, 0.15) is 18.9 Å². The number of hydrogen-bond donors (Lipinski definition) is 7. The number of aromatic nitrogens is 2. The topological polar surface area (TPSA) is 270 Å². The third kappa shape index (κ3) is 7.21. The lowest BCUT2D eigenvalue weighted by atomic mass is 9.92. The largest absolute Gasteiger partial charge is 0.490 e. The van der Waals surface area contributed by atoms with Crippen LogP contribution in [0.4, 0.5) is 14.6 Å². The fourth-order valence-electron chi connectivity index (χ4n) is 2.87. The summed E-state index contributed by atoms with van der Waals surface area (Å²) < 4.78 is 77.9. The molecule has 0 saturated carbocycles. The second kappa shape index (κ2) is 10.4. The Morgan fingerprint density at radius 2 is 1.89 bits per heavy atom. The minimum absolute atomic E-state index is 0.291. The molecule has 8 N–H and O–H groups in total. The highest BCUT2D eigenvalue weighted by Gasteiger charge is 2.58. The van der Waals surface area contributed by atoms with E-state index in [1.807, 2.05) is 5.92 Å². The van der Waals surface area contributed by atoms with Gasteiger partial charge in [-0.15, -0.1) is 0 Å². The van der Waals surface area contributed by atoms with Gasteiger partial charge in [0.25, 0.3) is 0 Å². The number of anilines is 1. The van der Waals surface area contributed by atoms with Gasteiger partial charge in [-0.1, -0.05) is 11.8 Å². The van der Waals surface area contributed by atoms with E-state index in [-0.39, 0.29) is 0 Å². The van der Waals surface area contributed by atoms with Crippen molar-refractivity contribution in [3.05, 3.63) is 22.5 Å². The van der Waals surface area contributed by atoms with Gasteiger partial charge in [0, 0.05) is 0 Å². The SMILES string of the molecule is C[C@@H](OP(=O)(O)OP(=O)(O)OP(=O)(O)O)[C@H]1O[C@@H](n2cc(F)c(N)nc2=O)C(O)(C#CCF)[C@H]1O. The molecule has 1 aliphatic heterocycles. The highest BCUT2D eigenvalue weighted by Crippen LogP contribution is 2.66. The number of aliphatic hydroxyl groups is 2. The van der Waals surface area contributed by atoms with Crippen LogP contribution in [0.5, 0.6) is 0 Å². The molecule has 1 saturated heterocycles. The molecule has 2 heterocycles. The van der Waals surface area contributed by atoms with Crippen molar-refractivity contribution in [2.45, 2.75) is 37.1 Å². The number of nitrogens with two attached hydrogens (primary N) is 1. The fourth-order valence-corrected chi connectivity index (χ4v) is 6.07. The summed E-state index contributed by atoms with van der Waals surface area (Å²) in [7, 11) is -17.3. The summed E-state index contributed by atoms with van der Waals surface area (Å²) in [5.41, 5.74) is 0.979. The zero-order chi connectivity index (χ0) is 27.0. The molecular formula is C13H18F2N3O14P3. The quantitative estimate of drug-likeness (QED) is 0.140. The van der Waals surface area contributed by atoms with Gasteiger partial charge in [-0.05, 0) is 6.92 Å². The van der Waals surface area contributed by atoms with E-state index in [0.29, 0.717) is 10.8 Å². The normalized spacial score (nSPS) is 29.0. The van der Waals surface area contributed by atoms with Crippen LogP contribution in [0, 0.1) is 17.7 Å². The third-order valence-electron chi connectivity index (χ3n) is 4.14. The maximum atomic E-state index is 13.9. The first-order valence-corrected chi connectivity index (χ1v) is 13.3. The van der Waals surface area contributed by atoms with E-state index in [1.165, 1.54) is 0 Å². The fraction of sp³-hybridized carbons (Fsp3) is 0.538. The molecule has 0 radical (unpaired) electrons. The molecule has 0 amide bonds. The van der Waals surface area contributed by atoms with Crippen LogP contribution in [0.25, 0.3) is 0 Å². The highest BCUT2D eigenvalue weighted by molar-refractivity contribution is 7.66. The molecule has 198 valence electrons. The lowest BCUT2D eigenvalue weighted by Gasteiger charge is -2.27. The van der Waals surface area contributed by atoms with E-state index in [4.69, 9.17) is 20.3 Å². The molecule has 0 aromatic carbocycles. The van der Waals surface area contributed by atoms with Crippen molar-refractivity contribution in [2.24, 2.45) is 0 Å². The molecule has 7 atom stereocenters. The lowest BCUT2D eigenvalue weighted by Crippen LogP contribution is -2.49. The summed E-state index contributed by atoms with van der Waals surface area (Å²) >= 11 is 0. The van der Waals surface area contributed by atoms with Crippen molar-refractivity contribution < 1.29 is 70.1 Å². The number of aliphatic hydroxyl groups excluding tert-OH is 1. The van der Waals surface area contributed by atoms with E-state index in [1.54, 1.807) is 5.92 Å². The van der Waals surface area contributed by atoms with Gasteiger partial charge in [-0.3, -0.25) is 9.09 Å². The van der Waals surface area contributed by atoms with E-state index < -0.39 is 77.6 Å². The average molecular weight is 571 g/mol. The summed E-state index contributed by atoms with van der Waals surface area (Å²) in [6, 6.07) is 0. The van der Waals surface area contributed by atoms with Crippen molar-refractivity contribution in [1.29, 1.82) is 0 Å². The summed E-state index contributed by atoms with van der Waals surface area (Å²) in [4.78, 5) is 51.3. The Kier molecular flexibility index (Phi) is 8.80. The average Bonchev–Trinajstić information content (AvgIpc) is 2.91. The van der Waals surface area contributed by atoms with Crippen LogP contribution in [0.1, 0.15) is 13.2 Å². The molecule has 22 heteroatoms. The predicted molar refractivity (Wildman–Crippen MR) is 106 cm³/mol. The predicted octanol–water partition coefficient (Wildman–Crippen LogP) is -1.34. The van der Waals surface area contributed by atoms with Gasteiger partial charge in [-0.25, -0.2) is 27.3 Å². The molecule has 3 unspecified atom stereocenters. The first-order valence-electron chi connectivity index (χ1n) is 8.80. The molecule has 0 spiro atoms. The summed E-state index contributed by atoms with van der Waals surface area (Å²) in [6.45, 7) is -0.477. The third-order valence-corrected chi connectivity index (χ3v) is 8.07. The molecule has 17 nitrogen and oxygen atoms in total. The molecule has 0 bridgehead atoms. The molecule has 1 aromatic heterocycles. The number of ether oxygens (including phenoxy) is 1. The Hall–Kier alpha value is -1.61. The van der Waals surface area contributed by atoms with Gasteiger partial charge in [-0.2, -0.15) is 13.6 Å². The minimum Gasteiger partial charge on any atom is -0.386 e. The van der Waals surface area contributed by atoms with Gasteiger partial charge in [0.15, 0.2) is 23.5 Å². The Morgan fingerprint density at radius 1 is 1.29 bits per heavy atom. The lowest BCUT2D eigenvalue weighted by molar-refractivity contribution is -0.0872. The zero-order valence-electron chi connectivity index (χ0n) is 17.1. The number of nitrogen functional groups attached to an aromatic ring is 1. The number of rotatable bonds is 8. The van der Waals surface area contributed by atoms with Crippen molar-refractivity contribution in [3.63, 3.8) is 0 Å². The van der Waals surface area contributed by atoms with Crippen LogP contribution in [0.2, 0.25) is 0 Å². The molecule has 1 aliphatic rings. The van der Waals surface area contributed by atoms with Crippen LogP contribution in [-0.2, 0) is 31.6 Å². The van der Waals surface area contributed by atoms with Crippen LogP contribution in [0.3, 0.4) is 0 Å². The second-order valence-electron chi connectivity index (χ2n) is 6.72. The second-order valence-corrected chi connectivity index (χ2v) is 11.1. The maximum Gasteiger partial charge on any atom is 0.490 e. The number of phosphoric acid groups is 3. The Balaban J connectivity index is 2.38. The first kappa shape index (κ1) is 29.6. The number of phosphoric ester groups is 1. The van der Waals surface area contributed by atoms with E-state index in [9.17, 15) is 47.3 Å². The number of nitrogens with zero attached hydrogens (tertiary/aromatic N) is 2. The minimum atomic E-state index is -5.88. The Morgan fingerprint density at radius 3 is 2.43 bits per heavy atom. The first-order chi connectivity index (χ1) is 15.8. The van der Waals surface area contributed by atoms with E-state index in [0.717, 1.165) is 6.92 Å². The standard InChI is InChI=1S/C13H18F2N3O14P3/c1-6(30-34(25,26)32-35(27,28)31-33(22,23)24)8-9(19)13(21,3-2-4-14)11(29-8)18-5-7(15)10(16)17-12(18)20/h5-6,8-9,11,19,21H,4H2,1H3,(H,25,26)(H,27,28)(H2,16,17,20)(H2,22,23,24)/t6-,8-,9+,11-,13?/m1/s1. The smallest absolute Gasteiger partial charge is 0.386 e. The van der Waals surface area contributed by atoms with Gasteiger partial charge in [0.2, 0.25) is 0 Å². The molecule has 2 rings (SSSR count). The number of hydrogen-bond acceptors (Lipinski definition) is 12. The summed E-state index contributed by atoms with van der Waals surface area (Å²) in [6.07, 6.45) is -7.83. The van der Waals surface area contributed by atoms with Crippen molar-refractivity contribution in [3.8, 4) is 11.8 Å². The van der Waals surface area contributed by atoms with Crippen molar-refractivity contribution in [1.82, 2.24) is 9.55 Å². The van der Waals surface area contributed by atoms with Crippen molar-refractivity contribution in [2.75, 3.05) is 12.4 Å². The van der Waals surface area contributed by atoms with Crippen LogP contribution >= 0.6 is 23.5 Å². The molecule has 0 aliphatic carbocycles. The molecule has 1 aromatic rings. The zero-order valence-corrected chi connectivity index (χ0v) is 19.8. The molecule has 1 fully saturated rings. The Bertz CT molecular complexity index is 1230. The van der Waals surface area contributed by atoms with Crippen LogP contribution in [-0.4, -0.2) is 69.9 Å². The van der Waals surface area contributed by atoms with E-state index in [2.05, 4.69) is 18.1 Å². The maximum absolute atomic E-state index is 13.9. The summed E-state index contributed by atoms with van der Waals surface area (Å²) in [5, 5.41) is 21.4. The van der Waals surface area contributed by atoms with Crippen LogP contribution < -0.4 is 11.4 Å².